The first-order valence-corrected chi connectivity index (χ1v) is 11.4. The Morgan fingerprint density at radius 3 is 2.94 bits per heavy atom. The minimum Gasteiger partial charge on any atom is -0.368 e. The van der Waals surface area contributed by atoms with E-state index >= 15 is 0 Å². The number of piperazine rings is 1. The number of allylic oxidation sites excluding steroid dienone is 2. The number of carbonyl (C=O) groups excluding carboxylic acids is 1. The molecule has 0 radical (unpaired) electrons. The molecular weight excluding hydrogens is 405 g/mol. The van der Waals surface area contributed by atoms with E-state index in [2.05, 4.69) is 26.9 Å². The van der Waals surface area contributed by atoms with Crippen molar-refractivity contribution in [1.82, 2.24) is 24.1 Å². The van der Waals surface area contributed by atoms with Crippen molar-refractivity contribution in [3.63, 3.8) is 0 Å². The van der Waals surface area contributed by atoms with Gasteiger partial charge in [0.15, 0.2) is 11.5 Å². The zero-order chi connectivity index (χ0) is 22.4. The zero-order valence-corrected chi connectivity index (χ0v) is 19.0. The average molecular weight is 436 g/mol. The van der Waals surface area contributed by atoms with E-state index in [4.69, 9.17) is 0 Å². The molecule has 5 heterocycles. The summed E-state index contributed by atoms with van der Waals surface area (Å²) >= 11 is 0. The third-order valence-electron chi connectivity index (χ3n) is 6.88. The van der Waals surface area contributed by atoms with Crippen LogP contribution in [0.3, 0.4) is 0 Å². The van der Waals surface area contributed by atoms with Crippen LogP contribution in [-0.4, -0.2) is 68.3 Å². The first-order valence-electron chi connectivity index (χ1n) is 11.4. The van der Waals surface area contributed by atoms with Gasteiger partial charge < -0.3 is 14.2 Å². The molecule has 0 aliphatic carbocycles. The van der Waals surface area contributed by atoms with Crippen LogP contribution in [0.15, 0.2) is 48.6 Å². The van der Waals surface area contributed by atoms with Crippen molar-refractivity contribution in [2.45, 2.75) is 45.7 Å². The molecule has 0 N–H and O–H groups in total. The van der Waals surface area contributed by atoms with Gasteiger partial charge in [-0.3, -0.25) is 9.69 Å². The van der Waals surface area contributed by atoms with E-state index in [1.165, 1.54) is 25.5 Å². The maximum absolute atomic E-state index is 14.5. The Morgan fingerprint density at radius 2 is 2.09 bits per heavy atom. The molecular formula is C25H30FN5O. The van der Waals surface area contributed by atoms with E-state index in [1.807, 2.05) is 33.2 Å². The fraction of sp³-hybridized carbons (Fsp3) is 0.440. The van der Waals surface area contributed by atoms with Gasteiger partial charge >= 0.3 is 0 Å². The van der Waals surface area contributed by atoms with Crippen LogP contribution < -0.4 is 0 Å². The number of aromatic nitrogens is 2. The second kappa shape index (κ2) is 8.20. The monoisotopic (exact) mass is 435 g/mol. The maximum Gasteiger partial charge on any atom is 0.251 e. The molecule has 168 valence electrons. The molecule has 32 heavy (non-hydrogen) atoms. The van der Waals surface area contributed by atoms with E-state index in [1.54, 1.807) is 21.6 Å². The summed E-state index contributed by atoms with van der Waals surface area (Å²) in [5.74, 6) is -0.489. The van der Waals surface area contributed by atoms with Crippen LogP contribution in [-0.2, 0) is 4.79 Å². The Labute approximate surface area is 188 Å². The Balaban J connectivity index is 1.36. The third-order valence-corrected chi connectivity index (χ3v) is 6.88. The van der Waals surface area contributed by atoms with Crippen LogP contribution in [0.25, 0.3) is 11.2 Å². The van der Waals surface area contributed by atoms with Gasteiger partial charge in [-0.15, -0.1) is 0 Å². The summed E-state index contributed by atoms with van der Waals surface area (Å²) in [6.07, 6.45) is 13.9. The second-order valence-corrected chi connectivity index (χ2v) is 9.19. The molecule has 2 atom stereocenters. The van der Waals surface area contributed by atoms with Crippen LogP contribution in [0, 0.1) is 12.7 Å². The van der Waals surface area contributed by atoms with Gasteiger partial charge in [-0.25, -0.2) is 9.37 Å². The summed E-state index contributed by atoms with van der Waals surface area (Å²) < 4.78 is 16.2. The van der Waals surface area contributed by atoms with Crippen LogP contribution in [0.2, 0.25) is 0 Å². The normalized spacial score (nSPS) is 24.2. The maximum atomic E-state index is 14.5. The van der Waals surface area contributed by atoms with Crippen molar-refractivity contribution >= 4 is 17.1 Å². The van der Waals surface area contributed by atoms with Gasteiger partial charge in [-0.2, -0.15) is 0 Å². The number of rotatable bonds is 3. The quantitative estimate of drug-likeness (QED) is 0.691. The number of fused-ring (bicyclic) bond motifs is 2. The minimum absolute atomic E-state index is 0.0291. The number of hydrogen-bond donors (Lipinski definition) is 0. The number of hydrogen-bond acceptors (Lipinski definition) is 4. The summed E-state index contributed by atoms with van der Waals surface area (Å²) in [6, 6.07) is 2.04. The topological polar surface area (TPSA) is 44.1 Å². The van der Waals surface area contributed by atoms with E-state index in [0.29, 0.717) is 17.3 Å². The fourth-order valence-electron chi connectivity index (χ4n) is 5.05. The molecule has 1 amide bonds. The Hall–Kier alpha value is -2.93. The van der Waals surface area contributed by atoms with Crippen molar-refractivity contribution in [1.29, 1.82) is 0 Å². The van der Waals surface area contributed by atoms with Gasteiger partial charge in [-0.1, -0.05) is 6.08 Å². The molecule has 5 rings (SSSR count). The van der Waals surface area contributed by atoms with E-state index < -0.39 is 5.82 Å². The van der Waals surface area contributed by atoms with Crippen molar-refractivity contribution < 1.29 is 9.18 Å². The highest BCUT2D eigenvalue weighted by Crippen LogP contribution is 2.26. The Bertz CT molecular complexity index is 1150. The number of halogens is 1. The molecule has 3 aliphatic heterocycles. The molecule has 6 nitrogen and oxygen atoms in total. The predicted molar refractivity (Wildman–Crippen MR) is 123 cm³/mol. The lowest BCUT2D eigenvalue weighted by molar-refractivity contribution is -0.124. The van der Waals surface area contributed by atoms with Crippen molar-refractivity contribution in [2.75, 3.05) is 26.2 Å². The zero-order valence-electron chi connectivity index (χ0n) is 19.0. The standard InChI is InChI=1S/C25H30FN5O/c1-17(20-12-23(26)25-27-18(2)13-30(25)14-20)11-24(32)31-16-22(7-6-19(31)3)29-10-9-28-8-4-5-21(28)15-29/h6-7,11-14,16,19,21H,4-5,8-10,15H2,1-3H3/b17-11+/t19?,21-/m1/s1. The number of carbonyl (C=O) groups is 1. The highest BCUT2D eigenvalue weighted by molar-refractivity contribution is 5.96. The van der Waals surface area contributed by atoms with Crippen molar-refractivity contribution in [2.24, 2.45) is 0 Å². The van der Waals surface area contributed by atoms with Gasteiger partial charge in [0.1, 0.15) is 0 Å². The van der Waals surface area contributed by atoms with Crippen LogP contribution in [0.5, 0.6) is 0 Å². The molecule has 7 heteroatoms. The number of pyridine rings is 1. The van der Waals surface area contributed by atoms with Crippen LogP contribution >= 0.6 is 0 Å². The predicted octanol–water partition coefficient (Wildman–Crippen LogP) is 3.59. The van der Waals surface area contributed by atoms with E-state index in [0.717, 1.165) is 36.6 Å². The first-order chi connectivity index (χ1) is 15.4. The molecule has 2 aromatic heterocycles. The molecule has 2 fully saturated rings. The fourth-order valence-corrected chi connectivity index (χ4v) is 5.05. The third kappa shape index (κ3) is 3.86. The van der Waals surface area contributed by atoms with Crippen LogP contribution in [0.4, 0.5) is 4.39 Å². The summed E-state index contributed by atoms with van der Waals surface area (Å²) in [5.41, 5.74) is 3.54. The number of aryl methyl sites for hydroxylation is 1. The Morgan fingerprint density at radius 1 is 1.25 bits per heavy atom. The first kappa shape index (κ1) is 20.9. The van der Waals surface area contributed by atoms with Gasteiger partial charge in [0, 0.05) is 50.3 Å². The number of amides is 1. The molecule has 2 aromatic rings. The lowest BCUT2D eigenvalue weighted by Crippen LogP contribution is -2.50. The molecule has 2 saturated heterocycles. The Kier molecular flexibility index (Phi) is 5.37. The van der Waals surface area contributed by atoms with Gasteiger partial charge in [0.05, 0.1) is 17.4 Å². The molecule has 0 spiro atoms. The summed E-state index contributed by atoms with van der Waals surface area (Å²) in [6.45, 7) is 9.99. The summed E-state index contributed by atoms with van der Waals surface area (Å²) in [7, 11) is 0. The molecule has 0 bridgehead atoms. The molecule has 0 saturated carbocycles. The highest BCUT2D eigenvalue weighted by atomic mass is 19.1. The van der Waals surface area contributed by atoms with E-state index in [9.17, 15) is 9.18 Å². The summed E-state index contributed by atoms with van der Waals surface area (Å²) in [5, 5.41) is 0. The van der Waals surface area contributed by atoms with Crippen LogP contribution in [0.1, 0.15) is 37.9 Å². The van der Waals surface area contributed by atoms with Crippen molar-refractivity contribution in [3.8, 4) is 0 Å². The highest BCUT2D eigenvalue weighted by Gasteiger charge is 2.32. The van der Waals surface area contributed by atoms with E-state index in [-0.39, 0.29) is 11.9 Å². The van der Waals surface area contributed by atoms with Gasteiger partial charge in [-0.05, 0) is 63.4 Å². The van der Waals surface area contributed by atoms with Gasteiger partial charge in [0.25, 0.3) is 5.91 Å². The lowest BCUT2D eigenvalue weighted by atomic mass is 10.1. The number of imidazole rings is 1. The number of nitrogens with zero attached hydrogens (tertiary/aromatic N) is 5. The second-order valence-electron chi connectivity index (χ2n) is 9.19. The average Bonchev–Trinajstić information content (AvgIpc) is 3.39. The van der Waals surface area contributed by atoms with Crippen molar-refractivity contribution in [3.05, 3.63) is 65.7 Å². The SMILES string of the molecule is C/C(=C\C(=O)N1C=C(N2CCN3CCC[C@@H]3C2)C=CC1C)c1cc(F)c2nc(C)cn2c1. The lowest BCUT2D eigenvalue weighted by Gasteiger charge is -2.41. The largest absolute Gasteiger partial charge is 0.368 e. The smallest absolute Gasteiger partial charge is 0.251 e. The van der Waals surface area contributed by atoms with Gasteiger partial charge in [0.2, 0.25) is 0 Å². The molecule has 0 aromatic carbocycles. The molecule has 1 unspecified atom stereocenters. The summed E-state index contributed by atoms with van der Waals surface area (Å²) in [4.78, 5) is 24.1. The minimum atomic E-state index is -0.390. The molecule has 3 aliphatic rings.